The molecule has 0 unspecified atom stereocenters. The minimum Gasteiger partial charge on any atom is -0.496 e. The van der Waals surface area contributed by atoms with Gasteiger partial charge >= 0.3 is 5.97 Å². The van der Waals surface area contributed by atoms with Crippen LogP contribution in [0.5, 0.6) is 5.75 Å². The molecule has 0 atom stereocenters. The van der Waals surface area contributed by atoms with Crippen LogP contribution in [0, 0.1) is 12.7 Å². The molecule has 19 heavy (non-hydrogen) atoms. The Balaban J connectivity index is 2.80. The number of aryl methyl sites for hydroxylation is 1. The number of rotatable bonds is 3. The van der Waals surface area contributed by atoms with Gasteiger partial charge in [0, 0.05) is 17.3 Å². The lowest BCUT2D eigenvalue weighted by atomic mass is 9.99. The summed E-state index contributed by atoms with van der Waals surface area (Å²) in [6.45, 7) is 1.49. The highest BCUT2D eigenvalue weighted by Crippen LogP contribution is 2.34. The van der Waals surface area contributed by atoms with Crippen molar-refractivity contribution in [2.24, 2.45) is 0 Å². The topological polar surface area (TPSA) is 59.4 Å². The lowest BCUT2D eigenvalue weighted by Crippen LogP contribution is -2.06. The highest BCUT2D eigenvalue weighted by Gasteiger charge is 2.21. The van der Waals surface area contributed by atoms with E-state index in [1.807, 2.05) is 0 Å². The standard InChI is InChI=1S/C14H12FNO3/c1-8-13(15)12(10(7-16-8)14(17)18)9-5-3-4-6-11(9)19-2/h3-7H,1-2H3,(H,17,18). The summed E-state index contributed by atoms with van der Waals surface area (Å²) < 4.78 is 19.4. The third-order valence-electron chi connectivity index (χ3n) is 2.80. The third kappa shape index (κ3) is 2.27. The lowest BCUT2D eigenvalue weighted by molar-refractivity contribution is 0.0696. The van der Waals surface area contributed by atoms with E-state index in [1.54, 1.807) is 24.3 Å². The Labute approximate surface area is 109 Å². The van der Waals surface area contributed by atoms with Gasteiger partial charge < -0.3 is 9.84 Å². The predicted octanol–water partition coefficient (Wildman–Crippen LogP) is 2.90. The summed E-state index contributed by atoms with van der Waals surface area (Å²) in [4.78, 5) is 15.0. The van der Waals surface area contributed by atoms with Crippen LogP contribution in [0.15, 0.2) is 30.5 Å². The number of pyridine rings is 1. The predicted molar refractivity (Wildman–Crippen MR) is 67.9 cm³/mol. The van der Waals surface area contributed by atoms with Crippen LogP contribution in [0.2, 0.25) is 0 Å². The number of hydrogen-bond acceptors (Lipinski definition) is 3. The first-order valence-corrected chi connectivity index (χ1v) is 5.58. The van der Waals surface area contributed by atoms with Gasteiger partial charge in [0.2, 0.25) is 0 Å². The smallest absolute Gasteiger partial charge is 0.338 e. The van der Waals surface area contributed by atoms with Crippen LogP contribution < -0.4 is 4.74 Å². The second-order valence-corrected chi connectivity index (χ2v) is 3.95. The number of carboxylic acids is 1. The van der Waals surface area contributed by atoms with Crippen molar-refractivity contribution in [3.8, 4) is 16.9 Å². The Hall–Kier alpha value is -2.43. The van der Waals surface area contributed by atoms with Crippen LogP contribution in [0.25, 0.3) is 11.1 Å². The number of benzene rings is 1. The van der Waals surface area contributed by atoms with Gasteiger partial charge in [-0.3, -0.25) is 4.98 Å². The van der Waals surface area contributed by atoms with Gasteiger partial charge in [0.1, 0.15) is 5.75 Å². The zero-order valence-corrected chi connectivity index (χ0v) is 10.5. The van der Waals surface area contributed by atoms with E-state index in [1.165, 1.54) is 14.0 Å². The summed E-state index contributed by atoms with van der Waals surface area (Å²) in [5.41, 5.74) is 0.348. The van der Waals surface area contributed by atoms with Gasteiger partial charge in [0.15, 0.2) is 5.82 Å². The molecule has 0 fully saturated rings. The first-order chi connectivity index (χ1) is 9.06. The molecule has 0 radical (unpaired) electrons. The first-order valence-electron chi connectivity index (χ1n) is 5.58. The zero-order chi connectivity index (χ0) is 14.0. The average molecular weight is 261 g/mol. The summed E-state index contributed by atoms with van der Waals surface area (Å²) in [5, 5.41) is 9.16. The van der Waals surface area contributed by atoms with E-state index >= 15 is 0 Å². The molecular formula is C14H12FNO3. The van der Waals surface area contributed by atoms with Crippen LogP contribution in [-0.2, 0) is 0 Å². The molecule has 0 aliphatic rings. The Morgan fingerprint density at radius 3 is 2.68 bits per heavy atom. The molecule has 4 nitrogen and oxygen atoms in total. The number of hydrogen-bond donors (Lipinski definition) is 1. The van der Waals surface area contributed by atoms with E-state index in [-0.39, 0.29) is 16.8 Å². The van der Waals surface area contributed by atoms with Gasteiger partial charge in [-0.2, -0.15) is 0 Å². The van der Waals surface area contributed by atoms with Gasteiger partial charge in [-0.05, 0) is 13.0 Å². The van der Waals surface area contributed by atoms with E-state index in [0.29, 0.717) is 11.3 Å². The van der Waals surface area contributed by atoms with Gasteiger partial charge in [0.05, 0.1) is 18.4 Å². The normalized spacial score (nSPS) is 10.3. The Morgan fingerprint density at radius 1 is 1.37 bits per heavy atom. The van der Waals surface area contributed by atoms with Crippen molar-refractivity contribution >= 4 is 5.97 Å². The maximum atomic E-state index is 14.2. The molecule has 0 saturated heterocycles. The molecule has 0 aliphatic heterocycles. The monoisotopic (exact) mass is 261 g/mol. The molecule has 0 amide bonds. The second kappa shape index (κ2) is 5.06. The minimum absolute atomic E-state index is 0.00236. The van der Waals surface area contributed by atoms with E-state index in [9.17, 15) is 9.18 Å². The number of methoxy groups -OCH3 is 1. The van der Waals surface area contributed by atoms with Crippen LogP contribution >= 0.6 is 0 Å². The number of nitrogens with zero attached hydrogens (tertiary/aromatic N) is 1. The molecule has 0 aliphatic carbocycles. The van der Waals surface area contributed by atoms with E-state index < -0.39 is 11.8 Å². The van der Waals surface area contributed by atoms with Crippen molar-refractivity contribution in [2.45, 2.75) is 6.92 Å². The number of aromatic carboxylic acids is 1. The van der Waals surface area contributed by atoms with Crippen molar-refractivity contribution in [3.05, 3.63) is 47.5 Å². The Bertz CT molecular complexity index is 641. The molecule has 1 aromatic heterocycles. The van der Waals surface area contributed by atoms with Crippen LogP contribution in [0.3, 0.4) is 0 Å². The van der Waals surface area contributed by atoms with E-state index in [4.69, 9.17) is 9.84 Å². The van der Waals surface area contributed by atoms with Crippen molar-refractivity contribution in [3.63, 3.8) is 0 Å². The molecule has 1 N–H and O–H groups in total. The lowest BCUT2D eigenvalue weighted by Gasteiger charge is -2.12. The molecule has 5 heteroatoms. The zero-order valence-electron chi connectivity index (χ0n) is 10.5. The molecule has 1 heterocycles. The fourth-order valence-corrected chi connectivity index (χ4v) is 1.86. The molecule has 1 aromatic carbocycles. The molecule has 0 spiro atoms. The maximum Gasteiger partial charge on any atom is 0.338 e. The minimum atomic E-state index is -1.23. The summed E-state index contributed by atoms with van der Waals surface area (Å²) in [6.07, 6.45) is 1.16. The van der Waals surface area contributed by atoms with Crippen molar-refractivity contribution in [2.75, 3.05) is 7.11 Å². The third-order valence-corrected chi connectivity index (χ3v) is 2.80. The summed E-state index contributed by atoms with van der Waals surface area (Å²) in [7, 11) is 1.45. The molecule has 2 aromatic rings. The van der Waals surface area contributed by atoms with Gasteiger partial charge in [-0.25, -0.2) is 9.18 Å². The quantitative estimate of drug-likeness (QED) is 0.922. The molecule has 98 valence electrons. The van der Waals surface area contributed by atoms with Crippen LogP contribution in [0.4, 0.5) is 4.39 Å². The molecule has 0 bridgehead atoms. The van der Waals surface area contributed by atoms with Crippen molar-refractivity contribution < 1.29 is 19.0 Å². The van der Waals surface area contributed by atoms with Gasteiger partial charge in [-0.1, -0.05) is 18.2 Å². The van der Waals surface area contributed by atoms with E-state index in [0.717, 1.165) is 6.20 Å². The van der Waals surface area contributed by atoms with Crippen molar-refractivity contribution in [1.82, 2.24) is 4.98 Å². The fourth-order valence-electron chi connectivity index (χ4n) is 1.86. The number of para-hydroxylation sites is 1. The van der Waals surface area contributed by atoms with Crippen LogP contribution in [-0.4, -0.2) is 23.2 Å². The Kier molecular flexibility index (Phi) is 3.46. The van der Waals surface area contributed by atoms with E-state index in [2.05, 4.69) is 4.98 Å². The number of carbonyl (C=O) groups is 1. The summed E-state index contributed by atoms with van der Waals surface area (Å²) in [5.74, 6) is -1.47. The number of aromatic nitrogens is 1. The second-order valence-electron chi connectivity index (χ2n) is 3.95. The number of carboxylic acid groups (broad SMARTS) is 1. The SMILES string of the molecule is COc1ccccc1-c1c(C(=O)O)cnc(C)c1F. The maximum absolute atomic E-state index is 14.2. The largest absolute Gasteiger partial charge is 0.496 e. The molecular weight excluding hydrogens is 249 g/mol. The van der Waals surface area contributed by atoms with Crippen molar-refractivity contribution in [1.29, 1.82) is 0 Å². The van der Waals surface area contributed by atoms with Gasteiger partial charge in [-0.15, -0.1) is 0 Å². The van der Waals surface area contributed by atoms with Gasteiger partial charge in [0.25, 0.3) is 0 Å². The molecule has 0 saturated carbocycles. The first kappa shape index (κ1) is 13.0. The summed E-state index contributed by atoms with van der Waals surface area (Å²) in [6, 6.07) is 6.69. The fraction of sp³-hybridized carbons (Fsp3) is 0.143. The molecule has 2 rings (SSSR count). The number of halogens is 1. The number of ether oxygens (including phenoxy) is 1. The average Bonchev–Trinajstić information content (AvgIpc) is 2.41. The highest BCUT2D eigenvalue weighted by molar-refractivity contribution is 5.96. The highest BCUT2D eigenvalue weighted by atomic mass is 19.1. The Morgan fingerprint density at radius 2 is 2.05 bits per heavy atom. The van der Waals surface area contributed by atoms with Crippen LogP contribution in [0.1, 0.15) is 16.1 Å². The summed E-state index contributed by atoms with van der Waals surface area (Å²) >= 11 is 0.